The third-order valence-electron chi connectivity index (χ3n) is 4.21. The lowest BCUT2D eigenvalue weighted by Gasteiger charge is -2.16. The summed E-state index contributed by atoms with van der Waals surface area (Å²) in [5.41, 5.74) is 5.42. The zero-order valence-electron chi connectivity index (χ0n) is 14.2. The number of nitrogens with one attached hydrogen (secondary N) is 1. The lowest BCUT2D eigenvalue weighted by Crippen LogP contribution is -2.31. The minimum Gasteiger partial charge on any atom is -0.317 e. The second-order valence-electron chi connectivity index (χ2n) is 6.06. The largest absolute Gasteiger partial charge is 0.317 e. The predicted octanol–water partition coefficient (Wildman–Crippen LogP) is 5.11. The zero-order valence-corrected chi connectivity index (χ0v) is 15.7. The Morgan fingerprint density at radius 1 is 0.889 bits per heavy atom. The molecule has 1 aromatic heterocycles. The van der Waals surface area contributed by atoms with Gasteiger partial charge in [-0.2, -0.15) is 0 Å². The summed E-state index contributed by atoms with van der Waals surface area (Å²) in [6.45, 7) is 0.449. The Balaban J connectivity index is 1.83. The number of benzene rings is 3. The molecule has 0 radical (unpaired) electrons. The van der Waals surface area contributed by atoms with Crippen molar-refractivity contribution in [2.45, 2.75) is 6.54 Å². The van der Waals surface area contributed by atoms with Crippen LogP contribution in [0, 0.1) is 0 Å². The molecule has 4 aromatic rings. The third-order valence-corrected chi connectivity index (χ3v) is 4.70. The molecule has 6 heteroatoms. The summed E-state index contributed by atoms with van der Waals surface area (Å²) in [6, 6.07) is 22.0. The molecule has 0 amide bonds. The van der Waals surface area contributed by atoms with Gasteiger partial charge in [0, 0.05) is 15.6 Å². The van der Waals surface area contributed by atoms with Crippen LogP contribution in [0.1, 0.15) is 5.56 Å². The molecule has 0 aliphatic rings. The highest BCUT2D eigenvalue weighted by atomic mass is 35.5. The summed E-state index contributed by atoms with van der Waals surface area (Å²) in [5, 5.41) is 1.80. The van der Waals surface area contributed by atoms with Gasteiger partial charge in [-0.15, -0.1) is 0 Å². The van der Waals surface area contributed by atoms with E-state index in [9.17, 15) is 4.79 Å². The van der Waals surface area contributed by atoms with Crippen LogP contribution in [0.25, 0.3) is 22.3 Å². The summed E-state index contributed by atoms with van der Waals surface area (Å²) in [7, 11) is 0. The first-order valence-corrected chi connectivity index (χ1v) is 9.13. The normalized spacial score (nSPS) is 10.9. The number of fused-ring (bicyclic) bond motifs is 1. The summed E-state index contributed by atoms with van der Waals surface area (Å²) in [6.07, 6.45) is 0. The Morgan fingerprint density at radius 3 is 2.44 bits per heavy atom. The average Bonchev–Trinajstić information content (AvgIpc) is 2.68. The fourth-order valence-electron chi connectivity index (χ4n) is 2.87. The average molecular weight is 396 g/mol. The van der Waals surface area contributed by atoms with Gasteiger partial charge in [0.2, 0.25) is 0 Å². The topological polar surface area (TPSA) is 46.9 Å². The van der Waals surface area contributed by atoms with E-state index in [1.54, 1.807) is 18.2 Å². The molecular weight excluding hydrogens is 381 g/mol. The van der Waals surface area contributed by atoms with Crippen LogP contribution in [0.3, 0.4) is 0 Å². The van der Waals surface area contributed by atoms with Crippen LogP contribution in [0.5, 0.6) is 0 Å². The van der Waals surface area contributed by atoms with Gasteiger partial charge in [-0.05, 0) is 42.0 Å². The van der Waals surface area contributed by atoms with Crippen molar-refractivity contribution in [2.75, 3.05) is 5.43 Å². The molecule has 0 saturated carbocycles. The van der Waals surface area contributed by atoms with E-state index in [2.05, 4.69) is 5.43 Å². The fraction of sp³-hybridized carbons (Fsp3) is 0.0476. The maximum Gasteiger partial charge on any atom is 0.280 e. The molecule has 0 aliphatic heterocycles. The van der Waals surface area contributed by atoms with Crippen molar-refractivity contribution in [3.63, 3.8) is 0 Å². The number of hydrogen-bond donors (Lipinski definition) is 1. The molecule has 1 heterocycles. The summed E-state index contributed by atoms with van der Waals surface area (Å²) >= 11 is 12.1. The summed E-state index contributed by atoms with van der Waals surface area (Å²) in [4.78, 5) is 17.8. The quantitative estimate of drug-likeness (QED) is 0.521. The Labute approximate surface area is 166 Å². The molecule has 4 nitrogen and oxygen atoms in total. The van der Waals surface area contributed by atoms with Gasteiger partial charge in [-0.1, -0.05) is 59.6 Å². The highest BCUT2D eigenvalue weighted by molar-refractivity contribution is 6.31. The molecule has 1 N–H and O–H groups in total. The maximum atomic E-state index is 13.1. The van der Waals surface area contributed by atoms with Gasteiger partial charge < -0.3 is 5.43 Å². The van der Waals surface area contributed by atoms with E-state index in [-0.39, 0.29) is 5.56 Å². The Bertz CT molecular complexity index is 1170. The van der Waals surface area contributed by atoms with Gasteiger partial charge in [0.05, 0.1) is 17.4 Å². The highest BCUT2D eigenvalue weighted by Crippen LogP contribution is 2.22. The smallest absolute Gasteiger partial charge is 0.280 e. The van der Waals surface area contributed by atoms with Crippen molar-refractivity contribution in [1.82, 2.24) is 9.66 Å². The van der Waals surface area contributed by atoms with Crippen LogP contribution < -0.4 is 11.0 Å². The van der Waals surface area contributed by atoms with E-state index in [4.69, 9.17) is 28.2 Å². The van der Waals surface area contributed by atoms with E-state index in [0.29, 0.717) is 33.3 Å². The van der Waals surface area contributed by atoms with E-state index in [1.165, 1.54) is 4.68 Å². The van der Waals surface area contributed by atoms with Gasteiger partial charge in [0.25, 0.3) is 5.56 Å². The minimum absolute atomic E-state index is 0.162. The lowest BCUT2D eigenvalue weighted by atomic mass is 10.2. The number of hydrogen-bond acceptors (Lipinski definition) is 3. The number of halogens is 2. The molecule has 0 atom stereocenters. The maximum absolute atomic E-state index is 13.1. The van der Waals surface area contributed by atoms with Crippen LogP contribution in [0.15, 0.2) is 77.6 Å². The van der Waals surface area contributed by atoms with E-state index in [1.807, 2.05) is 54.6 Å². The van der Waals surface area contributed by atoms with Crippen molar-refractivity contribution in [3.8, 4) is 11.4 Å². The summed E-state index contributed by atoms with van der Waals surface area (Å²) < 4.78 is 1.47. The van der Waals surface area contributed by atoms with E-state index in [0.717, 1.165) is 11.1 Å². The van der Waals surface area contributed by atoms with Crippen molar-refractivity contribution in [3.05, 3.63) is 98.8 Å². The first-order chi connectivity index (χ1) is 13.1. The first kappa shape index (κ1) is 17.6. The standard InChI is InChI=1S/C21H15Cl2N3O/c22-16-10-8-14(9-11-16)13-24-26-20(15-4-3-5-17(23)12-15)25-19-7-2-1-6-18(19)21(26)27/h1-12,24H,13H2. The number of para-hydroxylation sites is 1. The van der Waals surface area contributed by atoms with Crippen LogP contribution in [0.4, 0.5) is 0 Å². The van der Waals surface area contributed by atoms with Crippen LogP contribution in [-0.2, 0) is 6.54 Å². The van der Waals surface area contributed by atoms with Crippen molar-refractivity contribution in [2.24, 2.45) is 0 Å². The first-order valence-electron chi connectivity index (χ1n) is 8.38. The Morgan fingerprint density at radius 2 is 1.67 bits per heavy atom. The van der Waals surface area contributed by atoms with Crippen molar-refractivity contribution in [1.29, 1.82) is 0 Å². The monoisotopic (exact) mass is 395 g/mol. The van der Waals surface area contributed by atoms with Gasteiger partial charge in [-0.3, -0.25) is 4.79 Å². The lowest BCUT2D eigenvalue weighted by molar-refractivity contribution is 0.801. The van der Waals surface area contributed by atoms with Gasteiger partial charge >= 0.3 is 0 Å². The van der Waals surface area contributed by atoms with E-state index < -0.39 is 0 Å². The predicted molar refractivity (Wildman–Crippen MR) is 111 cm³/mol. The second-order valence-corrected chi connectivity index (χ2v) is 6.94. The second kappa shape index (κ2) is 7.43. The van der Waals surface area contributed by atoms with E-state index >= 15 is 0 Å². The van der Waals surface area contributed by atoms with Crippen molar-refractivity contribution < 1.29 is 0 Å². The number of nitrogens with zero attached hydrogens (tertiary/aromatic N) is 2. The molecule has 134 valence electrons. The Kier molecular flexibility index (Phi) is 4.84. The minimum atomic E-state index is -0.162. The molecule has 0 spiro atoms. The molecule has 0 aliphatic carbocycles. The van der Waals surface area contributed by atoms with Gasteiger partial charge in [0.1, 0.15) is 0 Å². The molecule has 3 aromatic carbocycles. The van der Waals surface area contributed by atoms with Crippen molar-refractivity contribution >= 4 is 34.1 Å². The fourth-order valence-corrected chi connectivity index (χ4v) is 3.19. The molecule has 0 bridgehead atoms. The summed E-state index contributed by atoms with van der Waals surface area (Å²) in [5.74, 6) is 0.509. The molecule has 4 rings (SSSR count). The van der Waals surface area contributed by atoms with Gasteiger partial charge in [-0.25, -0.2) is 9.66 Å². The third kappa shape index (κ3) is 3.68. The molecule has 0 fully saturated rings. The molecule has 0 unspecified atom stereocenters. The zero-order chi connectivity index (χ0) is 18.8. The van der Waals surface area contributed by atoms with Gasteiger partial charge in [0.15, 0.2) is 5.82 Å². The SMILES string of the molecule is O=c1c2ccccc2nc(-c2cccc(Cl)c2)n1NCc1ccc(Cl)cc1. The molecule has 27 heavy (non-hydrogen) atoms. The number of rotatable bonds is 4. The van der Waals surface area contributed by atoms with Crippen LogP contribution >= 0.6 is 23.2 Å². The van der Waals surface area contributed by atoms with Crippen LogP contribution in [-0.4, -0.2) is 9.66 Å². The molecular formula is C21H15Cl2N3O. The molecule has 0 saturated heterocycles. The van der Waals surface area contributed by atoms with Crippen LogP contribution in [0.2, 0.25) is 10.0 Å². The number of aromatic nitrogens is 2. The highest BCUT2D eigenvalue weighted by Gasteiger charge is 2.13. The Hall–Kier alpha value is -2.82.